The van der Waals surface area contributed by atoms with Crippen molar-refractivity contribution in [2.75, 3.05) is 20.7 Å². The number of thiazole rings is 1. The van der Waals surface area contributed by atoms with Crippen LogP contribution in [0.1, 0.15) is 59.4 Å². The van der Waals surface area contributed by atoms with Crippen molar-refractivity contribution >= 4 is 23.2 Å². The highest BCUT2D eigenvalue weighted by molar-refractivity contribution is 7.13. The largest absolute Gasteiger partial charge is 0.483 e. The molecular formula is C20H27N3O3S. The molecule has 1 N–H and O–H groups in total. The molecule has 0 bridgehead atoms. The number of benzene rings is 1. The van der Waals surface area contributed by atoms with Crippen LogP contribution in [-0.4, -0.2) is 42.4 Å². The van der Waals surface area contributed by atoms with Crippen LogP contribution in [0.2, 0.25) is 0 Å². The summed E-state index contributed by atoms with van der Waals surface area (Å²) < 4.78 is 5.71. The van der Waals surface area contributed by atoms with Gasteiger partial charge in [0.05, 0.1) is 17.2 Å². The molecule has 0 saturated heterocycles. The van der Waals surface area contributed by atoms with Crippen LogP contribution < -0.4 is 10.1 Å². The van der Waals surface area contributed by atoms with Gasteiger partial charge in [0.25, 0.3) is 11.8 Å². The van der Waals surface area contributed by atoms with E-state index in [2.05, 4.69) is 24.1 Å². The van der Waals surface area contributed by atoms with Crippen LogP contribution in [0.4, 0.5) is 0 Å². The predicted octanol–water partition coefficient (Wildman–Crippen LogP) is 3.61. The maximum Gasteiger partial charge on any atom is 0.263 e. The normalized spacial score (nSPS) is 11.9. The zero-order chi connectivity index (χ0) is 20.0. The number of hydrogen-bond acceptors (Lipinski definition) is 5. The molecule has 2 amide bonds. The first kappa shape index (κ1) is 20.9. The third-order valence-corrected chi connectivity index (χ3v) is 5.40. The maximum absolute atomic E-state index is 12.6. The van der Waals surface area contributed by atoms with Gasteiger partial charge in [0, 0.05) is 25.6 Å². The lowest BCUT2D eigenvalue weighted by molar-refractivity contribution is -0.130. The fourth-order valence-electron chi connectivity index (χ4n) is 2.46. The predicted molar refractivity (Wildman–Crippen MR) is 107 cm³/mol. The van der Waals surface area contributed by atoms with E-state index in [0.717, 1.165) is 10.6 Å². The van der Waals surface area contributed by atoms with Gasteiger partial charge in [-0.1, -0.05) is 39.0 Å². The molecule has 1 aromatic carbocycles. The van der Waals surface area contributed by atoms with Gasteiger partial charge in [-0.3, -0.25) is 9.59 Å². The van der Waals surface area contributed by atoms with Crippen molar-refractivity contribution in [3.63, 3.8) is 0 Å². The average molecular weight is 390 g/mol. The van der Waals surface area contributed by atoms with Crippen LogP contribution >= 0.6 is 11.3 Å². The lowest BCUT2D eigenvalue weighted by Gasteiger charge is -2.21. The second-order valence-corrected chi connectivity index (χ2v) is 7.83. The molecule has 6 nitrogen and oxygen atoms in total. The topological polar surface area (TPSA) is 71.5 Å². The average Bonchev–Trinajstić information content (AvgIpc) is 3.15. The van der Waals surface area contributed by atoms with E-state index in [9.17, 15) is 9.59 Å². The number of nitrogens with zero attached hydrogens (tertiary/aromatic N) is 2. The Morgan fingerprint density at radius 2 is 1.96 bits per heavy atom. The summed E-state index contributed by atoms with van der Waals surface area (Å²) in [5.41, 5.74) is 0.855. The summed E-state index contributed by atoms with van der Waals surface area (Å²) in [5.74, 6) is 0.632. The second-order valence-electron chi connectivity index (χ2n) is 6.77. The van der Waals surface area contributed by atoms with Gasteiger partial charge in [-0.05, 0) is 12.5 Å². The Bertz CT molecular complexity index is 786. The van der Waals surface area contributed by atoms with Crippen LogP contribution in [0.15, 0.2) is 30.5 Å². The van der Waals surface area contributed by atoms with Crippen molar-refractivity contribution in [1.29, 1.82) is 0 Å². The number of hydrogen-bond donors (Lipinski definition) is 1. The molecule has 1 unspecified atom stereocenters. The first-order chi connectivity index (χ1) is 12.8. The lowest BCUT2D eigenvalue weighted by atomic mass is 10.0. The van der Waals surface area contributed by atoms with Crippen molar-refractivity contribution in [2.24, 2.45) is 0 Å². The first-order valence-electron chi connectivity index (χ1n) is 9.01. The third kappa shape index (κ3) is 5.53. The van der Waals surface area contributed by atoms with Crippen molar-refractivity contribution in [3.8, 4) is 5.75 Å². The van der Waals surface area contributed by atoms with Crippen LogP contribution in [0, 0.1) is 0 Å². The minimum absolute atomic E-state index is 0.0407. The number of likely N-dealkylation sites (N-methyl/N-ethyl adjacent to an activating group) is 1. The van der Waals surface area contributed by atoms with Gasteiger partial charge in [0.15, 0.2) is 6.61 Å². The molecule has 0 saturated carbocycles. The maximum atomic E-state index is 12.6. The number of carbonyl (C=O) groups is 2. The van der Waals surface area contributed by atoms with Crippen molar-refractivity contribution < 1.29 is 14.3 Å². The highest BCUT2D eigenvalue weighted by Crippen LogP contribution is 2.28. The monoisotopic (exact) mass is 389 g/mol. The number of ether oxygens (including phenoxy) is 1. The van der Waals surface area contributed by atoms with Gasteiger partial charge >= 0.3 is 0 Å². The van der Waals surface area contributed by atoms with Crippen LogP contribution in [0.5, 0.6) is 5.75 Å². The summed E-state index contributed by atoms with van der Waals surface area (Å²) >= 11 is 1.41. The molecule has 1 atom stereocenters. The molecule has 7 heteroatoms. The van der Waals surface area contributed by atoms with Crippen LogP contribution in [0.3, 0.4) is 0 Å². The van der Waals surface area contributed by atoms with E-state index < -0.39 is 0 Å². The number of para-hydroxylation sites is 1. The Morgan fingerprint density at radius 1 is 1.26 bits per heavy atom. The SMILES string of the molecule is CCC(NC(=O)c1cnc(C(C)C)s1)c1ccccc1OCC(=O)N(C)C. The minimum atomic E-state index is -0.215. The Morgan fingerprint density at radius 3 is 2.56 bits per heavy atom. The standard InChI is InChI=1S/C20H27N3O3S/c1-6-15(22-19(25)17-11-21-20(27-17)13(2)3)14-9-7-8-10-16(14)26-12-18(24)23(4)5/h7-11,13,15H,6,12H2,1-5H3,(H,22,25). The third-order valence-electron chi connectivity index (χ3n) is 4.10. The van der Waals surface area contributed by atoms with Crippen molar-refractivity contribution in [3.05, 3.63) is 45.9 Å². The van der Waals surface area contributed by atoms with Gasteiger partial charge in [-0.15, -0.1) is 11.3 Å². The lowest BCUT2D eigenvalue weighted by Crippen LogP contribution is -2.29. The molecule has 0 spiro atoms. The highest BCUT2D eigenvalue weighted by atomic mass is 32.1. The zero-order valence-electron chi connectivity index (χ0n) is 16.5. The quantitative estimate of drug-likeness (QED) is 0.749. The molecule has 0 fully saturated rings. The first-order valence-corrected chi connectivity index (χ1v) is 9.83. The van der Waals surface area contributed by atoms with Crippen LogP contribution in [-0.2, 0) is 4.79 Å². The molecule has 27 heavy (non-hydrogen) atoms. The summed E-state index contributed by atoms with van der Waals surface area (Å²) in [7, 11) is 3.38. The highest BCUT2D eigenvalue weighted by Gasteiger charge is 2.20. The molecule has 0 aliphatic heterocycles. The van der Waals surface area contributed by atoms with Gasteiger partial charge in [0.2, 0.25) is 0 Å². The van der Waals surface area contributed by atoms with Crippen molar-refractivity contribution in [1.82, 2.24) is 15.2 Å². The summed E-state index contributed by atoms with van der Waals surface area (Å²) in [6.45, 7) is 6.07. The summed E-state index contributed by atoms with van der Waals surface area (Å²) in [5, 5.41) is 4.00. The fourth-order valence-corrected chi connectivity index (χ4v) is 3.28. The minimum Gasteiger partial charge on any atom is -0.483 e. The molecule has 1 aromatic heterocycles. The van der Waals surface area contributed by atoms with E-state index in [4.69, 9.17) is 4.74 Å². The molecule has 0 radical (unpaired) electrons. The van der Waals surface area contributed by atoms with E-state index in [0.29, 0.717) is 23.0 Å². The Balaban J connectivity index is 2.14. The Hall–Kier alpha value is -2.41. The summed E-state index contributed by atoms with van der Waals surface area (Å²) in [6.07, 6.45) is 2.32. The molecule has 0 aliphatic rings. The van der Waals surface area contributed by atoms with Gasteiger partial charge in [0.1, 0.15) is 10.6 Å². The summed E-state index contributed by atoms with van der Waals surface area (Å²) in [6, 6.07) is 7.26. The van der Waals surface area contributed by atoms with Crippen LogP contribution in [0.25, 0.3) is 0 Å². The van der Waals surface area contributed by atoms with E-state index in [1.54, 1.807) is 20.3 Å². The fraction of sp³-hybridized carbons (Fsp3) is 0.450. The summed E-state index contributed by atoms with van der Waals surface area (Å²) in [4.78, 5) is 30.9. The van der Waals surface area contributed by atoms with Gasteiger partial charge in [-0.2, -0.15) is 0 Å². The van der Waals surface area contributed by atoms with Gasteiger partial charge < -0.3 is 15.0 Å². The molecule has 2 aromatic rings. The van der Waals surface area contributed by atoms with E-state index >= 15 is 0 Å². The second kappa shape index (κ2) is 9.50. The Kier molecular flexibility index (Phi) is 7.36. The number of aromatic nitrogens is 1. The molecule has 2 rings (SSSR count). The van der Waals surface area contributed by atoms with Gasteiger partial charge in [-0.25, -0.2) is 4.98 Å². The van der Waals surface area contributed by atoms with E-state index in [1.807, 2.05) is 31.2 Å². The molecule has 0 aliphatic carbocycles. The smallest absolute Gasteiger partial charge is 0.263 e. The zero-order valence-corrected chi connectivity index (χ0v) is 17.3. The molecule has 146 valence electrons. The number of carbonyl (C=O) groups excluding carboxylic acids is 2. The van der Waals surface area contributed by atoms with E-state index in [1.165, 1.54) is 16.2 Å². The van der Waals surface area contributed by atoms with Crippen molar-refractivity contribution in [2.45, 2.75) is 39.2 Å². The Labute approximate surface area is 164 Å². The number of nitrogens with one attached hydrogen (secondary N) is 1. The van der Waals surface area contributed by atoms with E-state index in [-0.39, 0.29) is 24.5 Å². The number of rotatable bonds is 8. The molecule has 1 heterocycles. The molecular weight excluding hydrogens is 362 g/mol. The number of amides is 2.